The third-order valence-corrected chi connectivity index (χ3v) is 4.97. The number of ether oxygens (including phenoxy) is 3. The first kappa shape index (κ1) is 23.9. The minimum Gasteiger partial charge on any atom is -0.492 e. The van der Waals surface area contributed by atoms with Crippen molar-refractivity contribution in [1.29, 1.82) is 0 Å². The zero-order valence-corrected chi connectivity index (χ0v) is 19.3. The van der Waals surface area contributed by atoms with Gasteiger partial charge in [-0.15, -0.1) is 0 Å². The molecule has 172 valence electrons. The summed E-state index contributed by atoms with van der Waals surface area (Å²) in [7, 11) is 1.40. The van der Waals surface area contributed by atoms with E-state index in [0.29, 0.717) is 23.3 Å². The van der Waals surface area contributed by atoms with Crippen LogP contribution >= 0.6 is 0 Å². The number of carbonyl (C=O) groups excluding carboxylic acids is 1. The summed E-state index contributed by atoms with van der Waals surface area (Å²) in [6, 6.07) is 13.5. The number of allylic oxidation sites excluding steroid dienone is 3. The summed E-state index contributed by atoms with van der Waals surface area (Å²) in [6.07, 6.45) is 6.22. The topological polar surface area (TPSA) is 75.0 Å². The molecule has 0 N–H and O–H groups in total. The highest BCUT2D eigenvalue weighted by Crippen LogP contribution is 2.34. The van der Waals surface area contributed by atoms with Gasteiger partial charge in [-0.1, -0.05) is 35.4 Å². The quantitative estimate of drug-likeness (QED) is 0.224. The van der Waals surface area contributed by atoms with E-state index in [1.165, 1.54) is 18.3 Å². The zero-order chi connectivity index (χ0) is 23.8. The molecule has 0 spiro atoms. The molecule has 0 saturated carbocycles. The first-order chi connectivity index (χ1) is 15.9. The van der Waals surface area contributed by atoms with Gasteiger partial charge in [0.15, 0.2) is 5.75 Å². The van der Waals surface area contributed by atoms with E-state index in [9.17, 15) is 9.59 Å². The number of methoxy groups -OCH3 is 1. The lowest BCUT2D eigenvalue weighted by molar-refractivity contribution is 0.0723. The average Bonchev–Trinajstić information content (AvgIpc) is 2.79. The fourth-order valence-electron chi connectivity index (χ4n) is 3.21. The van der Waals surface area contributed by atoms with E-state index in [4.69, 9.17) is 18.6 Å². The minimum atomic E-state index is -0.809. The molecule has 0 saturated heterocycles. The van der Waals surface area contributed by atoms with Gasteiger partial charge in [0, 0.05) is 6.07 Å². The molecular formula is C27H28O6. The van der Waals surface area contributed by atoms with Crippen LogP contribution in [0.25, 0.3) is 11.0 Å². The summed E-state index contributed by atoms with van der Waals surface area (Å²) in [5.74, 6) is -0.281. The third kappa shape index (κ3) is 6.35. The van der Waals surface area contributed by atoms with Gasteiger partial charge in [0.05, 0.1) is 18.1 Å². The Morgan fingerprint density at radius 3 is 2.45 bits per heavy atom. The summed E-state index contributed by atoms with van der Waals surface area (Å²) in [5.41, 5.74) is 2.33. The van der Waals surface area contributed by atoms with Crippen LogP contribution < -0.4 is 19.8 Å². The molecule has 1 aromatic heterocycles. The molecule has 3 rings (SSSR count). The van der Waals surface area contributed by atoms with Crippen LogP contribution in [0, 0.1) is 0 Å². The lowest BCUT2D eigenvalue weighted by Gasteiger charge is -2.11. The van der Waals surface area contributed by atoms with Crippen molar-refractivity contribution in [2.24, 2.45) is 0 Å². The minimum absolute atomic E-state index is 0.132. The molecular weight excluding hydrogens is 420 g/mol. The van der Waals surface area contributed by atoms with Crippen LogP contribution in [0.15, 0.2) is 81.0 Å². The van der Waals surface area contributed by atoms with Crippen molar-refractivity contribution < 1.29 is 23.4 Å². The second kappa shape index (κ2) is 11.2. The van der Waals surface area contributed by atoms with E-state index in [-0.39, 0.29) is 17.1 Å². The van der Waals surface area contributed by atoms with Gasteiger partial charge < -0.3 is 18.6 Å². The van der Waals surface area contributed by atoms with Gasteiger partial charge in [0.1, 0.15) is 17.9 Å². The summed E-state index contributed by atoms with van der Waals surface area (Å²) in [5, 5.41) is 0.494. The second-order valence-electron chi connectivity index (χ2n) is 7.85. The molecule has 33 heavy (non-hydrogen) atoms. The summed E-state index contributed by atoms with van der Waals surface area (Å²) < 4.78 is 21.9. The van der Waals surface area contributed by atoms with E-state index in [1.54, 1.807) is 48.5 Å². The number of hydrogen-bond acceptors (Lipinski definition) is 6. The fourth-order valence-corrected chi connectivity index (χ4v) is 3.21. The van der Waals surface area contributed by atoms with Crippen LogP contribution in [0.5, 0.6) is 17.2 Å². The molecule has 0 aliphatic heterocycles. The van der Waals surface area contributed by atoms with Crippen molar-refractivity contribution in [2.75, 3.05) is 13.7 Å². The Morgan fingerprint density at radius 1 is 1.00 bits per heavy atom. The lowest BCUT2D eigenvalue weighted by atomic mass is 10.1. The first-order valence-electron chi connectivity index (χ1n) is 10.7. The maximum Gasteiger partial charge on any atom is 0.383 e. The van der Waals surface area contributed by atoms with Crippen LogP contribution in [-0.2, 0) is 0 Å². The molecule has 0 unspecified atom stereocenters. The van der Waals surface area contributed by atoms with Gasteiger partial charge in [-0.3, -0.25) is 0 Å². The third-order valence-electron chi connectivity index (χ3n) is 4.97. The van der Waals surface area contributed by atoms with E-state index in [0.717, 1.165) is 12.8 Å². The molecule has 0 fully saturated rings. The van der Waals surface area contributed by atoms with Crippen LogP contribution in [0.3, 0.4) is 0 Å². The Kier molecular flexibility index (Phi) is 8.08. The number of rotatable bonds is 9. The average molecular weight is 449 g/mol. The Balaban J connectivity index is 1.78. The molecule has 0 aliphatic carbocycles. The lowest BCUT2D eigenvalue weighted by Crippen LogP contribution is -2.15. The van der Waals surface area contributed by atoms with Crippen molar-refractivity contribution in [3.8, 4) is 17.2 Å². The van der Waals surface area contributed by atoms with E-state index < -0.39 is 11.6 Å². The Morgan fingerprint density at radius 2 is 1.76 bits per heavy atom. The largest absolute Gasteiger partial charge is 0.492 e. The molecule has 1 heterocycles. The molecule has 3 aromatic rings. The van der Waals surface area contributed by atoms with Gasteiger partial charge in [0.25, 0.3) is 5.75 Å². The van der Waals surface area contributed by atoms with Gasteiger partial charge in [0.2, 0.25) is 0 Å². The van der Waals surface area contributed by atoms with Crippen LogP contribution in [0.4, 0.5) is 0 Å². The number of benzene rings is 2. The predicted molar refractivity (Wildman–Crippen MR) is 128 cm³/mol. The van der Waals surface area contributed by atoms with Gasteiger partial charge in [-0.25, -0.2) is 9.59 Å². The highest BCUT2D eigenvalue weighted by Gasteiger charge is 2.21. The molecule has 0 radical (unpaired) electrons. The Hall–Kier alpha value is -3.80. The van der Waals surface area contributed by atoms with Crippen LogP contribution in [0.1, 0.15) is 44.0 Å². The van der Waals surface area contributed by atoms with Crippen molar-refractivity contribution in [3.05, 3.63) is 87.8 Å². The summed E-state index contributed by atoms with van der Waals surface area (Å²) in [4.78, 5) is 25.0. The van der Waals surface area contributed by atoms with Gasteiger partial charge in [-0.05, 0) is 64.0 Å². The molecule has 6 heteroatoms. The van der Waals surface area contributed by atoms with Gasteiger partial charge >= 0.3 is 11.6 Å². The van der Waals surface area contributed by atoms with Crippen molar-refractivity contribution in [2.45, 2.75) is 33.6 Å². The predicted octanol–water partition coefficient (Wildman–Crippen LogP) is 6.09. The molecule has 0 aliphatic rings. The number of carbonyl (C=O) groups is 1. The van der Waals surface area contributed by atoms with Crippen LogP contribution in [0.2, 0.25) is 0 Å². The highest BCUT2D eigenvalue weighted by molar-refractivity contribution is 5.93. The Labute approximate surface area is 193 Å². The van der Waals surface area contributed by atoms with Crippen molar-refractivity contribution in [3.63, 3.8) is 0 Å². The molecule has 0 amide bonds. The summed E-state index contributed by atoms with van der Waals surface area (Å²) in [6.45, 7) is 6.65. The molecule has 6 nitrogen and oxygen atoms in total. The smallest absolute Gasteiger partial charge is 0.383 e. The SMILES string of the molecule is COc1c(OC(=O)c2ccccc2)c(=O)oc2cc(OC/C=C(\C)CCC=C(C)C)ccc12. The van der Waals surface area contributed by atoms with E-state index in [1.807, 2.05) is 6.08 Å². The number of hydrogen-bond donors (Lipinski definition) is 0. The van der Waals surface area contributed by atoms with E-state index >= 15 is 0 Å². The van der Waals surface area contributed by atoms with Crippen molar-refractivity contribution in [1.82, 2.24) is 0 Å². The maximum atomic E-state index is 12.6. The maximum absolute atomic E-state index is 12.6. The number of fused-ring (bicyclic) bond motifs is 1. The van der Waals surface area contributed by atoms with Crippen LogP contribution in [-0.4, -0.2) is 19.7 Å². The highest BCUT2D eigenvalue weighted by atomic mass is 16.6. The molecule has 0 atom stereocenters. The zero-order valence-electron chi connectivity index (χ0n) is 19.3. The monoisotopic (exact) mass is 448 g/mol. The fraction of sp³-hybridized carbons (Fsp3) is 0.259. The normalized spacial score (nSPS) is 11.2. The van der Waals surface area contributed by atoms with Crippen molar-refractivity contribution >= 4 is 16.9 Å². The number of esters is 1. The van der Waals surface area contributed by atoms with Gasteiger partial charge in [-0.2, -0.15) is 0 Å². The molecule has 2 aromatic carbocycles. The standard InChI is InChI=1S/C27H28O6/c1-18(2)9-8-10-19(3)15-16-31-21-13-14-22-23(17-21)32-27(29)25(24(22)30-4)33-26(28)20-11-6-5-7-12-20/h5-7,9,11-15,17H,8,10,16H2,1-4H3/b19-15+. The molecule has 0 bridgehead atoms. The second-order valence-corrected chi connectivity index (χ2v) is 7.85. The van der Waals surface area contributed by atoms with E-state index in [2.05, 4.69) is 26.8 Å². The summed E-state index contributed by atoms with van der Waals surface area (Å²) >= 11 is 0. The first-order valence-corrected chi connectivity index (χ1v) is 10.7. The Bertz CT molecular complexity index is 1230.